The normalized spacial score (nSPS) is 24.3. The van der Waals surface area contributed by atoms with E-state index >= 15 is 0 Å². The van der Waals surface area contributed by atoms with Crippen molar-refractivity contribution >= 4 is 5.78 Å². The van der Waals surface area contributed by atoms with Gasteiger partial charge in [-0.1, -0.05) is 48.5 Å². The average Bonchev–Trinajstić information content (AvgIpc) is 2.84. The molecule has 0 unspecified atom stereocenters. The molecule has 0 N–H and O–H groups in total. The van der Waals surface area contributed by atoms with Crippen LogP contribution in [0, 0.1) is 5.92 Å². The van der Waals surface area contributed by atoms with Crippen molar-refractivity contribution in [2.45, 2.75) is 18.9 Å². The molecule has 1 heterocycles. The van der Waals surface area contributed by atoms with Crippen LogP contribution in [0.4, 0.5) is 0 Å². The first kappa shape index (κ1) is 11.9. The molecule has 0 saturated heterocycles. The van der Waals surface area contributed by atoms with Gasteiger partial charge in [0.25, 0.3) is 0 Å². The lowest BCUT2D eigenvalue weighted by molar-refractivity contribution is 0.00703. The number of hydrogen-bond donors (Lipinski definition) is 0. The number of rotatable bonds is 1. The number of ether oxygens (including phenoxy) is 1. The molecule has 20 heavy (non-hydrogen) atoms. The maximum atomic E-state index is 12.6. The van der Waals surface area contributed by atoms with Gasteiger partial charge < -0.3 is 4.74 Å². The van der Waals surface area contributed by atoms with Crippen molar-refractivity contribution in [1.29, 1.82) is 0 Å². The second-order valence-corrected chi connectivity index (χ2v) is 5.57. The third-order valence-electron chi connectivity index (χ3n) is 4.46. The molecule has 2 nitrogen and oxygen atoms in total. The molecule has 4 rings (SSSR count). The monoisotopic (exact) mass is 264 g/mol. The molecule has 2 heteroatoms. The predicted octanol–water partition coefficient (Wildman–Crippen LogP) is 3.36. The van der Waals surface area contributed by atoms with E-state index in [1.807, 2.05) is 24.3 Å². The Labute approximate surface area is 118 Å². The lowest BCUT2D eigenvalue weighted by atomic mass is 9.87. The minimum atomic E-state index is -0.0835. The Morgan fingerprint density at radius 1 is 0.950 bits per heavy atom. The minimum absolute atomic E-state index is 0.0613. The third kappa shape index (κ3) is 1.72. The first-order valence-corrected chi connectivity index (χ1v) is 7.16. The van der Waals surface area contributed by atoms with Gasteiger partial charge in [-0.05, 0) is 29.5 Å². The number of carbonyl (C=O) groups is 1. The number of fused-ring (bicyclic) bond motifs is 2. The van der Waals surface area contributed by atoms with Crippen molar-refractivity contribution in [1.82, 2.24) is 0 Å². The minimum Gasteiger partial charge on any atom is -0.372 e. The van der Waals surface area contributed by atoms with Gasteiger partial charge in [-0.3, -0.25) is 4.79 Å². The smallest absolute Gasteiger partial charge is 0.169 e. The second kappa shape index (κ2) is 4.57. The van der Waals surface area contributed by atoms with Crippen LogP contribution < -0.4 is 0 Å². The fourth-order valence-corrected chi connectivity index (χ4v) is 3.47. The number of ketones is 1. The van der Waals surface area contributed by atoms with E-state index in [4.69, 9.17) is 4.74 Å². The number of benzene rings is 2. The Morgan fingerprint density at radius 3 is 2.55 bits per heavy atom. The highest BCUT2D eigenvalue weighted by atomic mass is 16.5. The molecule has 0 spiro atoms. The molecule has 0 fully saturated rings. The van der Waals surface area contributed by atoms with Crippen LogP contribution in [-0.2, 0) is 17.6 Å². The number of Topliss-reactive ketones (excluding diaryl/α,β-unsaturated/α-hetero) is 1. The molecule has 100 valence electrons. The first-order valence-electron chi connectivity index (χ1n) is 7.16. The summed E-state index contributed by atoms with van der Waals surface area (Å²) in [4.78, 5) is 12.6. The summed E-state index contributed by atoms with van der Waals surface area (Å²) in [7, 11) is 0. The van der Waals surface area contributed by atoms with Crippen molar-refractivity contribution in [3.05, 3.63) is 70.8 Å². The van der Waals surface area contributed by atoms with Crippen LogP contribution in [-0.4, -0.2) is 12.4 Å². The van der Waals surface area contributed by atoms with E-state index in [2.05, 4.69) is 24.3 Å². The molecule has 0 aromatic heterocycles. The third-order valence-corrected chi connectivity index (χ3v) is 4.46. The molecule has 2 aliphatic rings. The van der Waals surface area contributed by atoms with Gasteiger partial charge in [-0.2, -0.15) is 0 Å². The standard InChI is InChI=1S/C18H16O2/c19-17-14-7-3-2-6-13(14)11-16(17)18-15-8-4-1-5-12(15)9-10-20-18/h1-8,16,18H,9-11H2/t16-,18+/m0/s1. The Kier molecular flexibility index (Phi) is 2.71. The fraction of sp³-hybridized carbons (Fsp3) is 0.278. The quantitative estimate of drug-likeness (QED) is 0.789. The molecule has 2 aromatic carbocycles. The van der Waals surface area contributed by atoms with E-state index in [0.717, 1.165) is 24.0 Å². The van der Waals surface area contributed by atoms with Crippen molar-refractivity contribution in [3.63, 3.8) is 0 Å². The first-order chi connectivity index (χ1) is 9.84. The number of hydrogen-bond acceptors (Lipinski definition) is 2. The van der Waals surface area contributed by atoms with E-state index in [0.29, 0.717) is 6.61 Å². The molecular weight excluding hydrogens is 248 g/mol. The van der Waals surface area contributed by atoms with Gasteiger partial charge >= 0.3 is 0 Å². The maximum absolute atomic E-state index is 12.6. The van der Waals surface area contributed by atoms with Crippen LogP contribution >= 0.6 is 0 Å². The Balaban J connectivity index is 1.73. The largest absolute Gasteiger partial charge is 0.372 e. The topological polar surface area (TPSA) is 26.3 Å². The summed E-state index contributed by atoms with van der Waals surface area (Å²) in [6, 6.07) is 16.3. The molecule has 2 atom stereocenters. The molecule has 1 aliphatic carbocycles. The van der Waals surface area contributed by atoms with Crippen molar-refractivity contribution in [2.24, 2.45) is 5.92 Å². The average molecular weight is 264 g/mol. The SMILES string of the molecule is O=C1c2ccccc2C[C@@H]1[C@@H]1OCCc2ccccc21. The zero-order valence-electron chi connectivity index (χ0n) is 11.2. The summed E-state index contributed by atoms with van der Waals surface area (Å²) in [5, 5.41) is 0. The second-order valence-electron chi connectivity index (χ2n) is 5.57. The lowest BCUT2D eigenvalue weighted by Crippen LogP contribution is -2.26. The highest BCUT2D eigenvalue weighted by molar-refractivity contribution is 6.02. The molecule has 2 aromatic rings. The van der Waals surface area contributed by atoms with Gasteiger partial charge in [0.05, 0.1) is 18.6 Å². The van der Waals surface area contributed by atoms with E-state index in [-0.39, 0.29) is 17.8 Å². The molecule has 1 aliphatic heterocycles. The Morgan fingerprint density at radius 2 is 1.70 bits per heavy atom. The van der Waals surface area contributed by atoms with E-state index in [9.17, 15) is 4.79 Å². The summed E-state index contributed by atoms with van der Waals surface area (Å²) < 4.78 is 5.97. The van der Waals surface area contributed by atoms with Crippen LogP contribution in [0.1, 0.15) is 33.2 Å². The Hall–Kier alpha value is -1.93. The Bertz CT molecular complexity index is 675. The van der Waals surface area contributed by atoms with Crippen LogP contribution in [0.5, 0.6) is 0 Å². The van der Waals surface area contributed by atoms with Gasteiger partial charge in [0.2, 0.25) is 0 Å². The van der Waals surface area contributed by atoms with Gasteiger partial charge in [0, 0.05) is 5.56 Å². The van der Waals surface area contributed by atoms with Gasteiger partial charge in [-0.15, -0.1) is 0 Å². The molecule has 0 saturated carbocycles. The molecule has 0 amide bonds. The maximum Gasteiger partial charge on any atom is 0.169 e. The summed E-state index contributed by atoms with van der Waals surface area (Å²) in [6.45, 7) is 0.710. The summed E-state index contributed by atoms with van der Waals surface area (Å²) in [5.41, 5.74) is 4.57. The van der Waals surface area contributed by atoms with Gasteiger partial charge in [0.1, 0.15) is 0 Å². The summed E-state index contributed by atoms with van der Waals surface area (Å²) in [5.74, 6) is 0.177. The highest BCUT2D eigenvalue weighted by Crippen LogP contribution is 2.40. The zero-order valence-corrected chi connectivity index (χ0v) is 11.2. The fourth-order valence-electron chi connectivity index (χ4n) is 3.47. The van der Waals surface area contributed by atoms with E-state index < -0.39 is 0 Å². The van der Waals surface area contributed by atoms with Crippen molar-refractivity contribution in [3.8, 4) is 0 Å². The van der Waals surface area contributed by atoms with Gasteiger partial charge in [0.15, 0.2) is 5.78 Å². The van der Waals surface area contributed by atoms with E-state index in [1.165, 1.54) is 11.1 Å². The summed E-state index contributed by atoms with van der Waals surface area (Å²) >= 11 is 0. The van der Waals surface area contributed by atoms with E-state index in [1.54, 1.807) is 0 Å². The molecule has 0 bridgehead atoms. The summed E-state index contributed by atoms with van der Waals surface area (Å²) in [6.07, 6.45) is 1.66. The van der Waals surface area contributed by atoms with Crippen LogP contribution in [0.2, 0.25) is 0 Å². The lowest BCUT2D eigenvalue weighted by Gasteiger charge is -2.29. The number of carbonyl (C=O) groups excluding carboxylic acids is 1. The van der Waals surface area contributed by atoms with Crippen LogP contribution in [0.15, 0.2) is 48.5 Å². The van der Waals surface area contributed by atoms with Crippen LogP contribution in [0.25, 0.3) is 0 Å². The van der Waals surface area contributed by atoms with Crippen LogP contribution in [0.3, 0.4) is 0 Å². The van der Waals surface area contributed by atoms with Crippen molar-refractivity contribution in [2.75, 3.05) is 6.61 Å². The van der Waals surface area contributed by atoms with Gasteiger partial charge in [-0.25, -0.2) is 0 Å². The van der Waals surface area contributed by atoms with Crippen molar-refractivity contribution < 1.29 is 9.53 Å². The highest BCUT2D eigenvalue weighted by Gasteiger charge is 2.39. The molecular formula is C18H16O2. The molecule has 0 radical (unpaired) electrons. The predicted molar refractivity (Wildman–Crippen MR) is 76.8 cm³/mol. The zero-order chi connectivity index (χ0) is 13.5.